The van der Waals surface area contributed by atoms with Crippen molar-refractivity contribution in [2.24, 2.45) is 0 Å². The van der Waals surface area contributed by atoms with Gasteiger partial charge in [0, 0.05) is 0 Å². The van der Waals surface area contributed by atoms with E-state index < -0.39 is 29.1 Å². The highest BCUT2D eigenvalue weighted by Gasteiger charge is 2.21. The molecule has 0 aliphatic carbocycles. The lowest BCUT2D eigenvalue weighted by atomic mass is 10.3. The summed E-state index contributed by atoms with van der Waals surface area (Å²) in [7, 11) is 0. The number of fused-ring (bicyclic) bond motifs is 1. The number of carboxylic acids is 2. The molecule has 2 aromatic heterocycles. The summed E-state index contributed by atoms with van der Waals surface area (Å²) in [4.78, 5) is 28.4. The van der Waals surface area contributed by atoms with Gasteiger partial charge in [-0.1, -0.05) is 5.16 Å². The molecule has 2 aromatic rings. The van der Waals surface area contributed by atoms with Crippen molar-refractivity contribution in [2.75, 3.05) is 5.73 Å². The van der Waals surface area contributed by atoms with Gasteiger partial charge >= 0.3 is 11.9 Å². The zero-order valence-electron chi connectivity index (χ0n) is 7.54. The second kappa shape index (κ2) is 3.15. The molecule has 0 unspecified atom stereocenters. The van der Waals surface area contributed by atoms with Crippen molar-refractivity contribution in [1.82, 2.24) is 15.1 Å². The Hall–Kier alpha value is -2.71. The summed E-state index contributed by atoms with van der Waals surface area (Å²) in [5.41, 5.74) is 3.85. The number of anilines is 1. The third-order valence-corrected chi connectivity index (χ3v) is 1.74. The van der Waals surface area contributed by atoms with Crippen molar-refractivity contribution in [2.45, 2.75) is 0 Å². The molecule has 0 aromatic carbocycles. The van der Waals surface area contributed by atoms with Gasteiger partial charge in [-0.3, -0.25) is 0 Å². The van der Waals surface area contributed by atoms with E-state index in [1.807, 2.05) is 0 Å². The zero-order chi connectivity index (χ0) is 11.9. The highest BCUT2D eigenvalue weighted by atomic mass is 16.5. The molecule has 0 spiro atoms. The fraction of sp³-hybridized carbons (Fsp3) is 0. The van der Waals surface area contributed by atoms with E-state index in [1.165, 1.54) is 0 Å². The molecule has 0 fully saturated rings. The van der Waals surface area contributed by atoms with E-state index in [9.17, 15) is 9.59 Å². The molecule has 0 bridgehead atoms. The van der Waals surface area contributed by atoms with E-state index in [2.05, 4.69) is 19.6 Å². The second-order valence-electron chi connectivity index (χ2n) is 2.75. The van der Waals surface area contributed by atoms with Crippen LogP contribution in [-0.2, 0) is 0 Å². The summed E-state index contributed by atoms with van der Waals surface area (Å²) in [6, 6.07) is 0. The van der Waals surface area contributed by atoms with Crippen LogP contribution in [0.5, 0.6) is 0 Å². The van der Waals surface area contributed by atoms with Crippen LogP contribution in [-0.4, -0.2) is 37.3 Å². The first-order valence-corrected chi connectivity index (χ1v) is 3.90. The maximum atomic E-state index is 10.7. The first-order valence-electron chi connectivity index (χ1n) is 3.90. The zero-order valence-corrected chi connectivity index (χ0v) is 7.54. The van der Waals surface area contributed by atoms with Crippen molar-refractivity contribution < 1.29 is 24.3 Å². The topological polar surface area (TPSA) is 152 Å². The van der Waals surface area contributed by atoms with Gasteiger partial charge in [-0.25, -0.2) is 14.6 Å². The van der Waals surface area contributed by atoms with E-state index in [0.717, 1.165) is 0 Å². The number of rotatable bonds is 2. The molecular formula is C7H4N4O5. The Kier molecular flexibility index (Phi) is 1.94. The number of nitrogens with zero attached hydrogens (tertiary/aromatic N) is 3. The SMILES string of the molecule is Nc1nc2c(C(=O)O)noc2nc1C(=O)O. The third-order valence-electron chi connectivity index (χ3n) is 1.74. The molecule has 9 heteroatoms. The lowest BCUT2D eigenvalue weighted by Gasteiger charge is -1.96. The minimum absolute atomic E-state index is 0.185. The number of carboxylic acid groups (broad SMARTS) is 2. The number of aromatic nitrogens is 3. The molecule has 0 amide bonds. The largest absolute Gasteiger partial charge is 0.476 e. The average Bonchev–Trinajstić information content (AvgIpc) is 2.58. The molecule has 82 valence electrons. The molecule has 0 saturated heterocycles. The van der Waals surface area contributed by atoms with Crippen LogP contribution in [0.2, 0.25) is 0 Å². The molecule has 0 radical (unpaired) electrons. The molecule has 16 heavy (non-hydrogen) atoms. The van der Waals surface area contributed by atoms with Gasteiger partial charge in [0.15, 0.2) is 17.0 Å². The van der Waals surface area contributed by atoms with Gasteiger partial charge in [-0.15, -0.1) is 0 Å². The number of hydrogen-bond acceptors (Lipinski definition) is 7. The van der Waals surface area contributed by atoms with E-state index in [0.29, 0.717) is 0 Å². The molecule has 4 N–H and O–H groups in total. The Morgan fingerprint density at radius 3 is 2.31 bits per heavy atom. The van der Waals surface area contributed by atoms with Crippen LogP contribution in [0.15, 0.2) is 4.52 Å². The van der Waals surface area contributed by atoms with Crippen molar-refractivity contribution in [3.63, 3.8) is 0 Å². The maximum Gasteiger partial charge on any atom is 0.360 e. The van der Waals surface area contributed by atoms with E-state index >= 15 is 0 Å². The summed E-state index contributed by atoms with van der Waals surface area (Å²) >= 11 is 0. The lowest BCUT2D eigenvalue weighted by molar-refractivity contribution is 0.0678. The van der Waals surface area contributed by atoms with Crippen LogP contribution in [0, 0.1) is 0 Å². The smallest absolute Gasteiger partial charge is 0.360 e. The van der Waals surface area contributed by atoms with Crippen molar-refractivity contribution in [1.29, 1.82) is 0 Å². The van der Waals surface area contributed by atoms with Gasteiger partial charge in [-0.2, -0.15) is 4.98 Å². The molecule has 2 heterocycles. The van der Waals surface area contributed by atoms with Gasteiger partial charge in [0.2, 0.25) is 5.69 Å². The Balaban J connectivity index is 2.76. The number of nitrogen functional groups attached to an aromatic ring is 1. The third kappa shape index (κ3) is 1.30. The molecule has 0 saturated carbocycles. The van der Waals surface area contributed by atoms with Crippen molar-refractivity contribution in [3.05, 3.63) is 11.4 Å². The quantitative estimate of drug-likeness (QED) is 0.617. The fourth-order valence-corrected chi connectivity index (χ4v) is 1.08. The van der Waals surface area contributed by atoms with Crippen molar-refractivity contribution in [3.8, 4) is 0 Å². The maximum absolute atomic E-state index is 10.7. The Morgan fingerprint density at radius 2 is 1.75 bits per heavy atom. The van der Waals surface area contributed by atoms with E-state index in [4.69, 9.17) is 15.9 Å². The lowest BCUT2D eigenvalue weighted by Crippen LogP contribution is -2.08. The number of hydrogen-bond donors (Lipinski definition) is 3. The molecule has 2 rings (SSSR count). The minimum Gasteiger partial charge on any atom is -0.476 e. The van der Waals surface area contributed by atoms with Crippen molar-refractivity contribution >= 4 is 29.0 Å². The van der Waals surface area contributed by atoms with Gasteiger partial charge in [0.05, 0.1) is 0 Å². The number of aromatic carboxylic acids is 2. The Labute approximate surface area is 86.5 Å². The first kappa shape index (κ1) is 9.83. The highest BCUT2D eigenvalue weighted by molar-refractivity contribution is 5.99. The summed E-state index contributed by atoms with van der Waals surface area (Å²) in [6.07, 6.45) is 0. The van der Waals surface area contributed by atoms with Gasteiger partial charge in [0.1, 0.15) is 0 Å². The van der Waals surface area contributed by atoms with E-state index in [-0.39, 0.29) is 11.2 Å². The molecule has 9 nitrogen and oxygen atoms in total. The van der Waals surface area contributed by atoms with Gasteiger partial charge in [0.25, 0.3) is 5.71 Å². The summed E-state index contributed by atoms with van der Waals surface area (Å²) < 4.78 is 4.53. The second-order valence-corrected chi connectivity index (χ2v) is 2.75. The molecule has 0 aliphatic rings. The fourth-order valence-electron chi connectivity index (χ4n) is 1.08. The van der Waals surface area contributed by atoms with Crippen LogP contribution in [0.1, 0.15) is 21.0 Å². The standard InChI is InChI=1S/C7H4N4O5/c8-4-3(7(14)15)10-5-1(9-4)2(6(12)13)11-16-5/h(H2,8,9)(H,12,13)(H,14,15). The predicted molar refractivity (Wildman–Crippen MR) is 47.9 cm³/mol. The van der Waals surface area contributed by atoms with Crippen LogP contribution < -0.4 is 5.73 Å². The van der Waals surface area contributed by atoms with Gasteiger partial charge < -0.3 is 20.5 Å². The monoisotopic (exact) mass is 224 g/mol. The Bertz CT molecular complexity index is 604. The minimum atomic E-state index is -1.39. The van der Waals surface area contributed by atoms with Gasteiger partial charge in [-0.05, 0) is 0 Å². The number of nitrogens with two attached hydrogens (primary N) is 1. The first-order chi connectivity index (χ1) is 7.50. The molecular weight excluding hydrogens is 220 g/mol. The van der Waals surface area contributed by atoms with Crippen LogP contribution in [0.25, 0.3) is 11.2 Å². The predicted octanol–water partition coefficient (Wildman–Crippen LogP) is -0.404. The van der Waals surface area contributed by atoms with Crippen LogP contribution >= 0.6 is 0 Å². The normalized spacial score (nSPS) is 10.5. The van der Waals surface area contributed by atoms with Crippen LogP contribution in [0.3, 0.4) is 0 Å². The average molecular weight is 224 g/mol. The molecule has 0 atom stereocenters. The highest BCUT2D eigenvalue weighted by Crippen LogP contribution is 2.17. The molecule has 0 aliphatic heterocycles. The summed E-state index contributed by atoms with van der Waals surface area (Å²) in [6.45, 7) is 0. The summed E-state index contributed by atoms with van der Waals surface area (Å²) in [5.74, 6) is -3.15. The van der Waals surface area contributed by atoms with Crippen LogP contribution in [0.4, 0.5) is 5.82 Å². The van der Waals surface area contributed by atoms with E-state index in [1.54, 1.807) is 0 Å². The Morgan fingerprint density at radius 1 is 1.12 bits per heavy atom. The number of carbonyl (C=O) groups is 2. The summed E-state index contributed by atoms with van der Waals surface area (Å²) in [5, 5.41) is 20.6.